The van der Waals surface area contributed by atoms with Gasteiger partial charge in [-0.2, -0.15) is 0 Å². The van der Waals surface area contributed by atoms with Crippen molar-refractivity contribution in [3.63, 3.8) is 0 Å². The standard InChI is InChI=1S/C9H14O/c1-2-7-6-9(4-5-10-9)8(7)3-1/h7-8H,1-6H2. The maximum Gasteiger partial charge on any atom is 0.0737 e. The fraction of sp³-hybridized carbons (Fsp3) is 1.00. The third-order valence-electron chi connectivity index (χ3n) is 3.86. The highest BCUT2D eigenvalue weighted by molar-refractivity contribution is 5.09. The molecule has 0 amide bonds. The van der Waals surface area contributed by atoms with Crippen LogP contribution in [0.25, 0.3) is 0 Å². The molecule has 1 nitrogen and oxygen atoms in total. The monoisotopic (exact) mass is 138 g/mol. The molecule has 3 rings (SSSR count). The van der Waals surface area contributed by atoms with Crippen LogP contribution in [0.5, 0.6) is 0 Å². The second kappa shape index (κ2) is 1.58. The molecule has 2 aliphatic carbocycles. The Bertz CT molecular complexity index is 160. The van der Waals surface area contributed by atoms with Gasteiger partial charge in [0.15, 0.2) is 0 Å². The van der Waals surface area contributed by atoms with Gasteiger partial charge in [0, 0.05) is 6.42 Å². The quantitative estimate of drug-likeness (QED) is 0.497. The second-order valence-corrected chi connectivity index (χ2v) is 4.16. The lowest BCUT2D eigenvalue weighted by molar-refractivity contribution is -0.247. The highest BCUT2D eigenvalue weighted by atomic mass is 16.5. The minimum Gasteiger partial charge on any atom is -0.374 e. The summed E-state index contributed by atoms with van der Waals surface area (Å²) in [7, 11) is 0. The van der Waals surface area contributed by atoms with Crippen LogP contribution in [0.3, 0.4) is 0 Å². The van der Waals surface area contributed by atoms with Gasteiger partial charge in [-0.3, -0.25) is 0 Å². The van der Waals surface area contributed by atoms with Crippen molar-refractivity contribution in [2.75, 3.05) is 6.61 Å². The molecule has 1 heterocycles. The Balaban J connectivity index is 1.81. The summed E-state index contributed by atoms with van der Waals surface area (Å²) in [4.78, 5) is 0. The molecule has 10 heavy (non-hydrogen) atoms. The smallest absolute Gasteiger partial charge is 0.0737 e. The Kier molecular flexibility index (Phi) is 0.883. The zero-order valence-electron chi connectivity index (χ0n) is 6.31. The molecule has 0 aromatic rings. The molecule has 3 unspecified atom stereocenters. The normalized spacial score (nSPS) is 57.6. The van der Waals surface area contributed by atoms with Gasteiger partial charge in [0.25, 0.3) is 0 Å². The summed E-state index contributed by atoms with van der Waals surface area (Å²) in [5.74, 6) is 2.06. The van der Waals surface area contributed by atoms with Gasteiger partial charge in [0.2, 0.25) is 0 Å². The fourth-order valence-electron chi connectivity index (χ4n) is 3.23. The Labute approximate surface area is 61.8 Å². The van der Waals surface area contributed by atoms with Crippen molar-refractivity contribution in [2.24, 2.45) is 11.8 Å². The van der Waals surface area contributed by atoms with Crippen molar-refractivity contribution in [2.45, 2.75) is 37.7 Å². The zero-order valence-corrected chi connectivity index (χ0v) is 6.31. The van der Waals surface area contributed by atoms with E-state index in [-0.39, 0.29) is 0 Å². The Morgan fingerprint density at radius 2 is 2.20 bits per heavy atom. The molecule has 0 bridgehead atoms. The van der Waals surface area contributed by atoms with E-state index in [0.29, 0.717) is 5.60 Å². The molecule has 0 aromatic carbocycles. The summed E-state index contributed by atoms with van der Waals surface area (Å²) in [6.45, 7) is 1.04. The molecule has 1 aliphatic heterocycles. The summed E-state index contributed by atoms with van der Waals surface area (Å²) in [5.41, 5.74) is 0.446. The third-order valence-corrected chi connectivity index (χ3v) is 3.86. The van der Waals surface area contributed by atoms with Crippen LogP contribution in [0.15, 0.2) is 0 Å². The molecule has 3 aliphatic rings. The summed E-state index contributed by atoms with van der Waals surface area (Å²) >= 11 is 0. The average molecular weight is 138 g/mol. The fourth-order valence-corrected chi connectivity index (χ4v) is 3.23. The Hall–Kier alpha value is -0.0400. The Morgan fingerprint density at radius 3 is 2.80 bits per heavy atom. The van der Waals surface area contributed by atoms with Gasteiger partial charge in [-0.25, -0.2) is 0 Å². The zero-order chi connectivity index (χ0) is 6.60. The van der Waals surface area contributed by atoms with E-state index in [2.05, 4.69) is 0 Å². The van der Waals surface area contributed by atoms with E-state index < -0.39 is 0 Å². The molecular weight excluding hydrogens is 124 g/mol. The molecule has 3 atom stereocenters. The van der Waals surface area contributed by atoms with Crippen molar-refractivity contribution >= 4 is 0 Å². The van der Waals surface area contributed by atoms with E-state index >= 15 is 0 Å². The van der Waals surface area contributed by atoms with E-state index in [0.717, 1.165) is 18.4 Å². The van der Waals surface area contributed by atoms with E-state index in [9.17, 15) is 0 Å². The van der Waals surface area contributed by atoms with Gasteiger partial charge in [0.05, 0.1) is 12.2 Å². The number of hydrogen-bond donors (Lipinski definition) is 0. The van der Waals surface area contributed by atoms with Crippen molar-refractivity contribution in [1.82, 2.24) is 0 Å². The minimum atomic E-state index is 0.446. The highest BCUT2D eigenvalue weighted by Gasteiger charge is 2.59. The maximum absolute atomic E-state index is 5.67. The largest absolute Gasteiger partial charge is 0.374 e. The molecule has 3 fully saturated rings. The predicted octanol–water partition coefficient (Wildman–Crippen LogP) is 1.97. The van der Waals surface area contributed by atoms with Crippen LogP contribution >= 0.6 is 0 Å². The number of fused-ring (bicyclic) bond motifs is 2. The predicted molar refractivity (Wildman–Crippen MR) is 38.7 cm³/mol. The van der Waals surface area contributed by atoms with Gasteiger partial charge in [-0.05, 0) is 31.1 Å². The van der Waals surface area contributed by atoms with Crippen molar-refractivity contribution < 1.29 is 4.74 Å². The topological polar surface area (TPSA) is 9.23 Å². The highest BCUT2D eigenvalue weighted by Crippen LogP contribution is 2.60. The van der Waals surface area contributed by atoms with Crippen LogP contribution in [0.2, 0.25) is 0 Å². The van der Waals surface area contributed by atoms with E-state index in [1.807, 2.05) is 0 Å². The first-order valence-electron chi connectivity index (χ1n) is 4.55. The first kappa shape index (κ1) is 5.59. The van der Waals surface area contributed by atoms with Crippen molar-refractivity contribution in [3.8, 4) is 0 Å². The molecule has 1 spiro atoms. The van der Waals surface area contributed by atoms with Gasteiger partial charge in [-0.15, -0.1) is 0 Å². The average Bonchev–Trinajstić information content (AvgIpc) is 2.09. The molecule has 2 saturated carbocycles. The van der Waals surface area contributed by atoms with Gasteiger partial charge in [-0.1, -0.05) is 6.42 Å². The summed E-state index contributed by atoms with van der Waals surface area (Å²) in [5, 5.41) is 0. The molecule has 0 radical (unpaired) electrons. The molecule has 0 N–H and O–H groups in total. The molecular formula is C9H14O. The summed E-state index contributed by atoms with van der Waals surface area (Å²) in [6.07, 6.45) is 7.20. The lowest BCUT2D eigenvalue weighted by Gasteiger charge is -2.58. The van der Waals surface area contributed by atoms with Crippen LogP contribution in [0.4, 0.5) is 0 Å². The lowest BCUT2D eigenvalue weighted by atomic mass is 9.59. The number of hydrogen-bond acceptors (Lipinski definition) is 1. The second-order valence-electron chi connectivity index (χ2n) is 4.16. The molecule has 1 saturated heterocycles. The summed E-state index contributed by atoms with van der Waals surface area (Å²) < 4.78 is 5.67. The van der Waals surface area contributed by atoms with E-state index in [4.69, 9.17) is 4.74 Å². The maximum atomic E-state index is 5.67. The van der Waals surface area contributed by atoms with Gasteiger partial charge < -0.3 is 4.74 Å². The van der Waals surface area contributed by atoms with Crippen molar-refractivity contribution in [3.05, 3.63) is 0 Å². The molecule has 0 aromatic heterocycles. The van der Waals surface area contributed by atoms with Crippen LogP contribution < -0.4 is 0 Å². The summed E-state index contributed by atoms with van der Waals surface area (Å²) in [6, 6.07) is 0. The molecule has 1 heteroatoms. The van der Waals surface area contributed by atoms with Gasteiger partial charge >= 0.3 is 0 Å². The van der Waals surface area contributed by atoms with E-state index in [1.165, 1.54) is 32.1 Å². The number of rotatable bonds is 0. The van der Waals surface area contributed by atoms with Crippen LogP contribution in [0.1, 0.15) is 32.1 Å². The molecule has 56 valence electrons. The lowest BCUT2D eigenvalue weighted by Crippen LogP contribution is -2.60. The van der Waals surface area contributed by atoms with E-state index in [1.54, 1.807) is 0 Å². The Morgan fingerprint density at radius 1 is 1.30 bits per heavy atom. The van der Waals surface area contributed by atoms with Crippen LogP contribution in [0, 0.1) is 11.8 Å². The number of ether oxygens (including phenoxy) is 1. The first-order valence-corrected chi connectivity index (χ1v) is 4.55. The minimum absolute atomic E-state index is 0.446. The first-order chi connectivity index (χ1) is 4.91. The third kappa shape index (κ3) is 0.460. The SMILES string of the molecule is C1CC2CC3(CCO3)C2C1. The van der Waals surface area contributed by atoms with Gasteiger partial charge in [0.1, 0.15) is 0 Å². The van der Waals surface area contributed by atoms with Crippen molar-refractivity contribution in [1.29, 1.82) is 0 Å². The van der Waals surface area contributed by atoms with Crippen LogP contribution in [-0.2, 0) is 4.74 Å². The van der Waals surface area contributed by atoms with Crippen LogP contribution in [-0.4, -0.2) is 12.2 Å².